The van der Waals surface area contributed by atoms with Crippen LogP contribution in [0.1, 0.15) is 5.56 Å². The molecule has 3 rings (SSSR count). The molecule has 8 nitrogen and oxygen atoms in total. The minimum absolute atomic E-state index is 0.0839. The van der Waals surface area contributed by atoms with E-state index in [9.17, 15) is 18.5 Å². The van der Waals surface area contributed by atoms with Crippen molar-refractivity contribution in [3.05, 3.63) is 52.1 Å². The van der Waals surface area contributed by atoms with Crippen LogP contribution in [0.5, 0.6) is 11.5 Å². The van der Waals surface area contributed by atoms with Crippen LogP contribution >= 0.6 is 0 Å². The molecular weight excluding hydrogens is 348 g/mol. The molecule has 0 radical (unpaired) electrons. The number of ether oxygens (including phenoxy) is 2. The maximum absolute atomic E-state index is 11.6. The summed E-state index contributed by atoms with van der Waals surface area (Å²) < 4.78 is 33.8. The molecule has 0 aromatic heterocycles. The fourth-order valence-corrected chi connectivity index (χ4v) is 3.24. The van der Waals surface area contributed by atoms with E-state index in [0.717, 1.165) is 17.9 Å². The highest BCUT2D eigenvalue weighted by Crippen LogP contribution is 2.34. The number of nitro benzene ring substituents is 1. The van der Waals surface area contributed by atoms with Crippen LogP contribution in [0, 0.1) is 10.1 Å². The fourth-order valence-electron chi connectivity index (χ4n) is 2.60. The first-order valence-electron chi connectivity index (χ1n) is 7.34. The Kier molecular flexibility index (Phi) is 4.25. The van der Waals surface area contributed by atoms with Crippen LogP contribution in [0.4, 0.5) is 11.4 Å². The van der Waals surface area contributed by atoms with E-state index in [4.69, 9.17) is 9.47 Å². The molecule has 0 amide bonds. The van der Waals surface area contributed by atoms with Gasteiger partial charge in [0.05, 0.1) is 9.82 Å². The van der Waals surface area contributed by atoms with Gasteiger partial charge in [-0.2, -0.15) is 0 Å². The zero-order valence-corrected chi connectivity index (χ0v) is 14.4. The second kappa shape index (κ2) is 6.25. The Morgan fingerprint density at radius 2 is 1.88 bits per heavy atom. The van der Waals surface area contributed by atoms with Crippen molar-refractivity contribution < 1.29 is 22.8 Å². The number of nitro groups is 1. The van der Waals surface area contributed by atoms with Gasteiger partial charge in [-0.3, -0.25) is 10.1 Å². The van der Waals surface area contributed by atoms with E-state index in [2.05, 4.69) is 0 Å². The number of rotatable bonds is 5. The van der Waals surface area contributed by atoms with Gasteiger partial charge in [0.15, 0.2) is 21.3 Å². The maximum Gasteiger partial charge on any atom is 0.293 e. The molecule has 1 aliphatic rings. The van der Waals surface area contributed by atoms with Crippen molar-refractivity contribution in [2.45, 2.75) is 11.4 Å². The number of anilines is 1. The molecule has 0 N–H and O–H groups in total. The Hall–Kier alpha value is -2.81. The minimum atomic E-state index is -3.52. The monoisotopic (exact) mass is 364 g/mol. The molecule has 0 saturated carbocycles. The van der Waals surface area contributed by atoms with Gasteiger partial charge in [-0.1, -0.05) is 6.07 Å². The van der Waals surface area contributed by atoms with Crippen molar-refractivity contribution >= 4 is 21.2 Å². The summed E-state index contributed by atoms with van der Waals surface area (Å²) in [4.78, 5) is 12.4. The van der Waals surface area contributed by atoms with E-state index >= 15 is 0 Å². The summed E-state index contributed by atoms with van der Waals surface area (Å²) in [5.41, 5.74) is 0.953. The number of hydrogen-bond acceptors (Lipinski definition) is 7. The lowest BCUT2D eigenvalue weighted by Crippen LogP contribution is -2.18. The molecule has 1 aliphatic heterocycles. The van der Waals surface area contributed by atoms with Crippen molar-refractivity contribution in [1.82, 2.24) is 0 Å². The van der Waals surface area contributed by atoms with E-state index < -0.39 is 14.8 Å². The Labute approximate surface area is 144 Å². The van der Waals surface area contributed by atoms with Gasteiger partial charge in [-0.25, -0.2) is 8.42 Å². The molecule has 0 saturated heterocycles. The van der Waals surface area contributed by atoms with Crippen LogP contribution in [0.25, 0.3) is 0 Å². The first-order chi connectivity index (χ1) is 11.8. The van der Waals surface area contributed by atoms with Gasteiger partial charge in [0, 0.05) is 25.9 Å². The Morgan fingerprint density at radius 3 is 2.56 bits per heavy atom. The molecule has 0 unspecified atom stereocenters. The van der Waals surface area contributed by atoms with Crippen LogP contribution in [0.3, 0.4) is 0 Å². The molecule has 132 valence electrons. The predicted molar refractivity (Wildman–Crippen MR) is 90.9 cm³/mol. The molecule has 1 heterocycles. The smallest absolute Gasteiger partial charge is 0.293 e. The Bertz CT molecular complexity index is 942. The van der Waals surface area contributed by atoms with Crippen LogP contribution in [-0.2, 0) is 16.4 Å². The van der Waals surface area contributed by atoms with E-state index in [0.29, 0.717) is 23.7 Å². The highest BCUT2D eigenvalue weighted by molar-refractivity contribution is 7.90. The van der Waals surface area contributed by atoms with Gasteiger partial charge in [-0.05, 0) is 29.8 Å². The highest BCUT2D eigenvalue weighted by Gasteiger charge is 2.22. The minimum Gasteiger partial charge on any atom is -0.454 e. The average Bonchev–Trinajstić information content (AvgIpc) is 3.01. The van der Waals surface area contributed by atoms with Gasteiger partial charge >= 0.3 is 0 Å². The van der Waals surface area contributed by atoms with E-state index in [-0.39, 0.29) is 17.4 Å². The van der Waals surface area contributed by atoms with Crippen LogP contribution in [0.15, 0.2) is 41.3 Å². The number of sulfone groups is 1. The number of nitrogens with zero attached hydrogens (tertiary/aromatic N) is 2. The Morgan fingerprint density at radius 1 is 1.16 bits per heavy atom. The summed E-state index contributed by atoms with van der Waals surface area (Å²) >= 11 is 0. The molecule has 9 heteroatoms. The normalized spacial score (nSPS) is 12.9. The molecule has 0 atom stereocenters. The summed E-state index contributed by atoms with van der Waals surface area (Å²) in [5.74, 6) is 1.29. The summed E-state index contributed by atoms with van der Waals surface area (Å²) in [6.45, 7) is 0.558. The second-order valence-electron chi connectivity index (χ2n) is 5.72. The molecule has 0 bridgehead atoms. The van der Waals surface area contributed by atoms with Gasteiger partial charge < -0.3 is 14.4 Å². The summed E-state index contributed by atoms with van der Waals surface area (Å²) in [7, 11) is -1.82. The first kappa shape index (κ1) is 17.0. The fraction of sp³-hybridized carbons (Fsp3) is 0.250. The van der Waals surface area contributed by atoms with Crippen molar-refractivity contribution in [3.63, 3.8) is 0 Å². The largest absolute Gasteiger partial charge is 0.454 e. The van der Waals surface area contributed by atoms with Crippen molar-refractivity contribution in [2.24, 2.45) is 0 Å². The third-order valence-corrected chi connectivity index (χ3v) is 4.95. The molecule has 2 aromatic carbocycles. The van der Waals surface area contributed by atoms with Gasteiger partial charge in [0.2, 0.25) is 6.79 Å². The van der Waals surface area contributed by atoms with Gasteiger partial charge in [0.25, 0.3) is 5.69 Å². The zero-order chi connectivity index (χ0) is 18.2. The summed E-state index contributed by atoms with van der Waals surface area (Å²) in [6, 6.07) is 9.35. The molecular formula is C16H16N2O6S. The molecule has 25 heavy (non-hydrogen) atoms. The van der Waals surface area contributed by atoms with Gasteiger partial charge in [0.1, 0.15) is 5.69 Å². The number of hydrogen-bond donors (Lipinski definition) is 0. The number of benzene rings is 2. The van der Waals surface area contributed by atoms with Crippen LogP contribution in [0.2, 0.25) is 0 Å². The predicted octanol–water partition coefficient (Wildman–Crippen LogP) is 2.36. The third-order valence-electron chi connectivity index (χ3n) is 3.84. The third kappa shape index (κ3) is 3.50. The zero-order valence-electron chi connectivity index (χ0n) is 13.6. The van der Waals surface area contributed by atoms with Crippen LogP contribution < -0.4 is 14.4 Å². The standard InChI is InChI=1S/C16H16N2O6S/c1-17(9-11-3-6-15-16(7-11)24-10-23-15)13-5-4-12(25(2,21)22)8-14(13)18(19)20/h3-8H,9-10H2,1-2H3. The van der Waals surface area contributed by atoms with Crippen molar-refractivity contribution in [3.8, 4) is 11.5 Å². The number of fused-ring (bicyclic) bond motifs is 1. The van der Waals surface area contributed by atoms with E-state index in [1.54, 1.807) is 18.0 Å². The average molecular weight is 364 g/mol. The SMILES string of the molecule is CN(Cc1ccc2c(c1)OCO2)c1ccc(S(C)(=O)=O)cc1[N+](=O)[O-]. The second-order valence-corrected chi connectivity index (χ2v) is 7.74. The maximum atomic E-state index is 11.6. The van der Waals surface area contributed by atoms with E-state index in [1.165, 1.54) is 12.1 Å². The quantitative estimate of drug-likeness (QED) is 0.593. The topological polar surface area (TPSA) is 99.0 Å². The van der Waals surface area contributed by atoms with E-state index in [1.807, 2.05) is 12.1 Å². The first-order valence-corrected chi connectivity index (χ1v) is 9.23. The lowest BCUT2D eigenvalue weighted by atomic mass is 10.1. The Balaban J connectivity index is 1.91. The summed E-state index contributed by atoms with van der Waals surface area (Å²) in [5, 5.41) is 11.4. The van der Waals surface area contributed by atoms with Crippen LogP contribution in [-0.4, -0.2) is 33.4 Å². The lowest BCUT2D eigenvalue weighted by Gasteiger charge is -2.19. The molecule has 0 fully saturated rings. The highest BCUT2D eigenvalue weighted by atomic mass is 32.2. The lowest BCUT2D eigenvalue weighted by molar-refractivity contribution is -0.384. The van der Waals surface area contributed by atoms with Crippen molar-refractivity contribution in [1.29, 1.82) is 0 Å². The molecule has 0 spiro atoms. The molecule has 0 aliphatic carbocycles. The summed E-state index contributed by atoms with van der Waals surface area (Å²) in [6.07, 6.45) is 1.02. The van der Waals surface area contributed by atoms with Gasteiger partial charge in [-0.15, -0.1) is 0 Å². The van der Waals surface area contributed by atoms with Crippen molar-refractivity contribution in [2.75, 3.05) is 25.0 Å². The molecule has 2 aromatic rings.